The molecule has 0 unspecified atom stereocenters. The number of hydrogen-bond acceptors (Lipinski definition) is 2. The van der Waals surface area contributed by atoms with Crippen molar-refractivity contribution in [2.45, 2.75) is 18.8 Å². The quantitative estimate of drug-likeness (QED) is 0.932. The summed E-state index contributed by atoms with van der Waals surface area (Å²) in [6, 6.07) is 5.66. The largest absolute Gasteiger partial charge is 0.342 e. The summed E-state index contributed by atoms with van der Waals surface area (Å²) in [5, 5.41) is 1.12. The number of rotatable bonds is 3. The molecule has 1 aliphatic carbocycles. The number of carbonyl (C=O) groups is 1. The van der Waals surface area contributed by atoms with Gasteiger partial charge in [-0.05, 0) is 48.9 Å². The van der Waals surface area contributed by atoms with Crippen LogP contribution in [0, 0.1) is 11.8 Å². The van der Waals surface area contributed by atoms with Crippen LogP contribution < -0.4 is 5.73 Å². The Morgan fingerprint density at radius 2 is 2.15 bits per heavy atom. The van der Waals surface area contributed by atoms with E-state index < -0.39 is 0 Å². The molecular weight excluding hydrogens is 295 g/mol. The molecule has 0 bridgehead atoms. The van der Waals surface area contributed by atoms with Gasteiger partial charge in [-0.15, -0.1) is 0 Å². The van der Waals surface area contributed by atoms with E-state index in [1.54, 1.807) is 6.07 Å². The van der Waals surface area contributed by atoms with Gasteiger partial charge in [0.25, 0.3) is 0 Å². The molecule has 3 nitrogen and oxygen atoms in total. The maximum atomic E-state index is 12.4. The zero-order chi connectivity index (χ0) is 14.3. The van der Waals surface area contributed by atoms with Crippen LogP contribution >= 0.6 is 23.2 Å². The lowest BCUT2D eigenvalue weighted by molar-refractivity contribution is -0.131. The van der Waals surface area contributed by atoms with Crippen molar-refractivity contribution in [3.05, 3.63) is 33.8 Å². The van der Waals surface area contributed by atoms with Gasteiger partial charge < -0.3 is 10.6 Å². The van der Waals surface area contributed by atoms with Crippen LogP contribution in [0.5, 0.6) is 0 Å². The third-order valence-corrected chi connectivity index (χ3v) is 5.15. The Morgan fingerprint density at radius 1 is 1.35 bits per heavy atom. The average Bonchev–Trinajstić information content (AvgIpc) is 3.10. The zero-order valence-corrected chi connectivity index (χ0v) is 12.7. The number of carbonyl (C=O) groups excluding carboxylic acids is 1. The lowest BCUT2D eigenvalue weighted by Gasteiger charge is -2.16. The molecule has 1 aromatic carbocycles. The molecule has 2 aliphatic rings. The van der Waals surface area contributed by atoms with Gasteiger partial charge in [0.05, 0.1) is 10.0 Å². The second-order valence-corrected chi connectivity index (χ2v) is 6.61. The predicted molar refractivity (Wildman–Crippen MR) is 81.1 cm³/mol. The summed E-state index contributed by atoms with van der Waals surface area (Å²) in [6.07, 6.45) is 1.95. The van der Waals surface area contributed by atoms with E-state index in [4.69, 9.17) is 28.9 Å². The Bertz CT molecular complexity index is 535. The highest BCUT2D eigenvalue weighted by Gasteiger charge is 2.46. The van der Waals surface area contributed by atoms with E-state index in [9.17, 15) is 4.79 Å². The molecule has 1 aliphatic heterocycles. The van der Waals surface area contributed by atoms with Gasteiger partial charge in [-0.25, -0.2) is 0 Å². The molecule has 0 aromatic heterocycles. The fourth-order valence-corrected chi connectivity index (χ4v) is 3.35. The molecule has 5 heteroatoms. The summed E-state index contributed by atoms with van der Waals surface area (Å²) in [5.41, 5.74) is 6.79. The van der Waals surface area contributed by atoms with Crippen LogP contribution in [0.4, 0.5) is 0 Å². The number of halogens is 2. The zero-order valence-electron chi connectivity index (χ0n) is 11.2. The van der Waals surface area contributed by atoms with E-state index in [1.807, 2.05) is 17.0 Å². The highest BCUT2D eigenvalue weighted by Crippen LogP contribution is 2.49. The number of hydrogen-bond donors (Lipinski definition) is 1. The predicted octanol–water partition coefficient (Wildman–Crippen LogP) is 2.90. The molecule has 2 fully saturated rings. The van der Waals surface area contributed by atoms with Gasteiger partial charge in [0, 0.05) is 19.0 Å². The molecule has 0 spiro atoms. The molecule has 2 N–H and O–H groups in total. The number of nitrogens with two attached hydrogens (primary N) is 1. The first kappa shape index (κ1) is 14.2. The van der Waals surface area contributed by atoms with E-state index in [0.717, 1.165) is 31.5 Å². The highest BCUT2D eigenvalue weighted by molar-refractivity contribution is 6.42. The lowest BCUT2D eigenvalue weighted by atomic mass is 10.1. The van der Waals surface area contributed by atoms with E-state index >= 15 is 0 Å². The van der Waals surface area contributed by atoms with Crippen LogP contribution in [0.2, 0.25) is 10.0 Å². The number of amides is 1. The van der Waals surface area contributed by atoms with Crippen molar-refractivity contribution in [1.82, 2.24) is 4.90 Å². The van der Waals surface area contributed by atoms with Crippen molar-refractivity contribution in [2.24, 2.45) is 17.6 Å². The Labute approximate surface area is 129 Å². The molecular formula is C15H18Cl2N2O. The molecule has 20 heavy (non-hydrogen) atoms. The topological polar surface area (TPSA) is 46.3 Å². The molecule has 1 heterocycles. The fourth-order valence-electron chi connectivity index (χ4n) is 3.04. The SMILES string of the molecule is NC[C@@H]1CCN(C(=O)[C@H]2C[C@@H]2c2ccc(Cl)c(Cl)c2)C1. The minimum atomic E-state index is 0.115. The maximum absolute atomic E-state index is 12.4. The third-order valence-electron chi connectivity index (χ3n) is 4.41. The minimum absolute atomic E-state index is 0.115. The molecule has 3 rings (SSSR count). The van der Waals surface area contributed by atoms with Crippen molar-refractivity contribution >= 4 is 29.1 Å². The van der Waals surface area contributed by atoms with E-state index in [0.29, 0.717) is 28.4 Å². The van der Waals surface area contributed by atoms with Crippen LogP contribution in [-0.4, -0.2) is 30.4 Å². The van der Waals surface area contributed by atoms with Gasteiger partial charge in [0.1, 0.15) is 0 Å². The molecule has 1 amide bonds. The first-order valence-electron chi connectivity index (χ1n) is 7.04. The van der Waals surface area contributed by atoms with Crippen LogP contribution in [0.3, 0.4) is 0 Å². The van der Waals surface area contributed by atoms with Crippen LogP contribution in [0.25, 0.3) is 0 Å². The minimum Gasteiger partial charge on any atom is -0.342 e. The molecule has 3 atom stereocenters. The van der Waals surface area contributed by atoms with Gasteiger partial charge in [0.2, 0.25) is 5.91 Å². The summed E-state index contributed by atoms with van der Waals surface area (Å²) >= 11 is 12.0. The van der Waals surface area contributed by atoms with Crippen molar-refractivity contribution < 1.29 is 4.79 Å². The second kappa shape index (κ2) is 5.55. The second-order valence-electron chi connectivity index (χ2n) is 5.80. The molecule has 1 saturated carbocycles. The molecule has 1 aromatic rings. The molecule has 0 radical (unpaired) electrons. The van der Waals surface area contributed by atoms with E-state index in [2.05, 4.69) is 0 Å². The Balaban J connectivity index is 1.64. The molecule has 108 valence electrons. The summed E-state index contributed by atoms with van der Waals surface area (Å²) in [4.78, 5) is 14.4. The lowest BCUT2D eigenvalue weighted by Crippen LogP contribution is -2.31. The van der Waals surface area contributed by atoms with Crippen molar-refractivity contribution in [2.75, 3.05) is 19.6 Å². The van der Waals surface area contributed by atoms with E-state index in [1.165, 1.54) is 0 Å². The average molecular weight is 313 g/mol. The maximum Gasteiger partial charge on any atom is 0.226 e. The first-order valence-corrected chi connectivity index (χ1v) is 7.79. The standard InChI is InChI=1S/C15H18Cl2N2O/c16-13-2-1-10(5-14(13)17)11-6-12(11)15(20)19-4-3-9(7-18)8-19/h1-2,5,9,11-12H,3-4,6-8,18H2/t9-,11+,12-/m0/s1. The van der Waals surface area contributed by atoms with Gasteiger partial charge in [0.15, 0.2) is 0 Å². The van der Waals surface area contributed by atoms with Crippen molar-refractivity contribution in [3.63, 3.8) is 0 Å². The summed E-state index contributed by atoms with van der Waals surface area (Å²) in [7, 11) is 0. The van der Waals surface area contributed by atoms with E-state index in [-0.39, 0.29) is 11.8 Å². The van der Waals surface area contributed by atoms with Crippen LogP contribution in [-0.2, 0) is 4.79 Å². The Morgan fingerprint density at radius 3 is 2.80 bits per heavy atom. The summed E-state index contributed by atoms with van der Waals surface area (Å²) in [6.45, 7) is 2.34. The normalized spacial score (nSPS) is 28.8. The Hall–Kier alpha value is -0.770. The summed E-state index contributed by atoms with van der Waals surface area (Å²) in [5.74, 6) is 1.16. The third kappa shape index (κ3) is 2.67. The van der Waals surface area contributed by atoms with Gasteiger partial charge in [-0.2, -0.15) is 0 Å². The van der Waals surface area contributed by atoms with Crippen molar-refractivity contribution in [1.29, 1.82) is 0 Å². The smallest absolute Gasteiger partial charge is 0.226 e. The molecule has 1 saturated heterocycles. The fraction of sp³-hybridized carbons (Fsp3) is 0.533. The van der Waals surface area contributed by atoms with Gasteiger partial charge in [-0.1, -0.05) is 29.3 Å². The van der Waals surface area contributed by atoms with Crippen molar-refractivity contribution in [3.8, 4) is 0 Å². The summed E-state index contributed by atoms with van der Waals surface area (Å²) < 4.78 is 0. The number of benzene rings is 1. The highest BCUT2D eigenvalue weighted by atomic mass is 35.5. The van der Waals surface area contributed by atoms with Gasteiger partial charge >= 0.3 is 0 Å². The Kier molecular flexibility index (Phi) is 3.93. The van der Waals surface area contributed by atoms with Gasteiger partial charge in [-0.3, -0.25) is 4.79 Å². The first-order chi connectivity index (χ1) is 9.60. The number of nitrogens with zero attached hydrogens (tertiary/aromatic N) is 1. The monoisotopic (exact) mass is 312 g/mol. The number of likely N-dealkylation sites (tertiary alicyclic amines) is 1. The van der Waals surface area contributed by atoms with Crippen LogP contribution in [0.1, 0.15) is 24.3 Å². The van der Waals surface area contributed by atoms with Crippen LogP contribution in [0.15, 0.2) is 18.2 Å².